The molecule has 4 N–H and O–H groups in total. The smallest absolute Gasteiger partial charge is 0.197 e. The lowest BCUT2D eigenvalue weighted by molar-refractivity contribution is 0.281. The maximum Gasteiger partial charge on any atom is 0.197 e. The van der Waals surface area contributed by atoms with E-state index in [2.05, 4.69) is 80.3 Å². The Bertz CT molecular complexity index is 2460. The SMILES string of the molecule is [B]/C(C/C(=C(O)\C(O)=C(/C)O)N(/C(C)=C/C=C(/c1ccccc1)c1ccccc1C)c1ccc(-c2ccc(-c3ccccc3)c(C(/C=C\C=C)=C/C)c2)cc1)=C(/C)O. The zero-order valence-corrected chi connectivity index (χ0v) is 33.8. The van der Waals surface area contributed by atoms with Gasteiger partial charge in [-0.3, -0.25) is 0 Å². The van der Waals surface area contributed by atoms with Crippen molar-refractivity contribution in [3.8, 4) is 22.3 Å². The van der Waals surface area contributed by atoms with Crippen LogP contribution < -0.4 is 4.90 Å². The highest BCUT2D eigenvalue weighted by molar-refractivity contribution is 6.22. The number of aliphatic hydroxyl groups is 4. The Morgan fingerprint density at radius 3 is 1.90 bits per heavy atom. The molecule has 58 heavy (non-hydrogen) atoms. The molecule has 0 fully saturated rings. The highest BCUT2D eigenvalue weighted by Crippen LogP contribution is 2.37. The Kier molecular flexibility index (Phi) is 14.4. The van der Waals surface area contributed by atoms with Gasteiger partial charge in [-0.1, -0.05) is 152 Å². The molecule has 0 saturated carbocycles. The largest absolute Gasteiger partial charge is 0.514 e. The van der Waals surface area contributed by atoms with E-state index in [1.165, 1.54) is 13.8 Å². The number of benzene rings is 5. The quantitative estimate of drug-likeness (QED) is 0.0514. The molecule has 0 amide bonds. The molecule has 0 aliphatic heterocycles. The fraction of sp³-hybridized carbons (Fsp3) is 0.115. The summed E-state index contributed by atoms with van der Waals surface area (Å²) in [6, 6.07) is 42.9. The topological polar surface area (TPSA) is 84.2 Å². The van der Waals surface area contributed by atoms with Gasteiger partial charge in [-0.05, 0) is 115 Å². The number of anilines is 1. The second-order valence-corrected chi connectivity index (χ2v) is 13.9. The van der Waals surface area contributed by atoms with Gasteiger partial charge in [0.1, 0.15) is 13.6 Å². The summed E-state index contributed by atoms with van der Waals surface area (Å²) in [7, 11) is 6.32. The highest BCUT2D eigenvalue weighted by atomic mass is 16.3. The summed E-state index contributed by atoms with van der Waals surface area (Å²) < 4.78 is 0. The van der Waals surface area contributed by atoms with Gasteiger partial charge in [0.25, 0.3) is 0 Å². The minimum absolute atomic E-state index is 0.0797. The highest BCUT2D eigenvalue weighted by Gasteiger charge is 2.23. The summed E-state index contributed by atoms with van der Waals surface area (Å²) in [5.41, 5.74) is 12.0. The molecule has 0 spiro atoms. The Labute approximate surface area is 344 Å². The molecule has 0 aliphatic rings. The van der Waals surface area contributed by atoms with Crippen LogP contribution in [0.4, 0.5) is 5.69 Å². The summed E-state index contributed by atoms with van der Waals surface area (Å²) >= 11 is 0. The number of rotatable bonds is 14. The van der Waals surface area contributed by atoms with Crippen LogP contribution in [0.5, 0.6) is 0 Å². The Morgan fingerprint density at radius 2 is 1.29 bits per heavy atom. The van der Waals surface area contributed by atoms with Gasteiger partial charge in [0.05, 0.1) is 11.5 Å². The van der Waals surface area contributed by atoms with Crippen LogP contribution in [0.2, 0.25) is 0 Å². The van der Waals surface area contributed by atoms with Crippen molar-refractivity contribution in [2.45, 2.75) is 41.0 Å². The van der Waals surface area contributed by atoms with Gasteiger partial charge in [0.2, 0.25) is 0 Å². The maximum atomic E-state index is 11.6. The molecule has 5 aromatic rings. The first-order chi connectivity index (χ1) is 27.9. The van der Waals surface area contributed by atoms with Gasteiger partial charge in [-0.15, -0.1) is 0 Å². The van der Waals surface area contributed by atoms with E-state index in [-0.39, 0.29) is 23.3 Å². The van der Waals surface area contributed by atoms with E-state index in [4.69, 9.17) is 7.85 Å². The van der Waals surface area contributed by atoms with E-state index >= 15 is 0 Å². The zero-order chi connectivity index (χ0) is 41.8. The van der Waals surface area contributed by atoms with Crippen LogP contribution in [0, 0.1) is 6.92 Å². The number of aliphatic hydroxyl groups excluding tert-OH is 4. The first-order valence-corrected chi connectivity index (χ1v) is 19.2. The number of hydrogen-bond acceptors (Lipinski definition) is 5. The molecule has 0 atom stereocenters. The summed E-state index contributed by atoms with van der Waals surface area (Å²) in [6.45, 7) is 12.6. The van der Waals surface area contributed by atoms with Gasteiger partial charge < -0.3 is 25.3 Å². The average Bonchev–Trinajstić information content (AvgIpc) is 3.24. The molecule has 5 aromatic carbocycles. The van der Waals surface area contributed by atoms with E-state index in [1.807, 2.05) is 105 Å². The number of allylic oxidation sites excluding steroid dienone is 11. The molecule has 0 aromatic heterocycles. The predicted octanol–water partition coefficient (Wildman–Crippen LogP) is 13.8. The van der Waals surface area contributed by atoms with E-state index < -0.39 is 17.3 Å². The standard InChI is InChI=1S/C52H50BNO4/c1-7-9-19-39(8-2)48-33-43(28-32-47(48)42-22-14-11-15-23-42)40-26-29-44(30-27-40)54(50(34-49(53)37(5)55)52(58)51(57)38(6)56)36(4)25-31-46(41-20-12-10-13-21-41)45-24-17-16-18-35(45)3/h7-33,55-58H,1,34H2,2-6H3/b19-9-,36-25+,39-8+,46-31-,49-37-,51-38-,52-50-. The van der Waals surface area contributed by atoms with Gasteiger partial charge in [0, 0.05) is 17.8 Å². The van der Waals surface area contributed by atoms with Crippen molar-refractivity contribution in [3.05, 3.63) is 233 Å². The van der Waals surface area contributed by atoms with Crippen LogP contribution in [0.1, 0.15) is 56.4 Å². The van der Waals surface area contributed by atoms with Crippen LogP contribution in [-0.2, 0) is 0 Å². The Hall–Kier alpha value is -6.92. The molecular weight excluding hydrogens is 713 g/mol. The molecule has 0 heterocycles. The molecule has 0 aliphatic carbocycles. The molecule has 5 rings (SSSR count). The molecular formula is C52H50BNO4. The summed E-state index contributed by atoms with van der Waals surface area (Å²) in [4.78, 5) is 1.77. The first-order valence-electron chi connectivity index (χ1n) is 19.2. The van der Waals surface area contributed by atoms with Gasteiger partial charge >= 0.3 is 0 Å². The molecule has 0 unspecified atom stereocenters. The summed E-state index contributed by atoms with van der Waals surface area (Å²) in [5.74, 6) is -1.89. The lowest BCUT2D eigenvalue weighted by Gasteiger charge is -2.30. The average molecular weight is 764 g/mol. The summed E-state index contributed by atoms with van der Waals surface area (Å²) in [6.07, 6.45) is 11.7. The first kappa shape index (κ1) is 42.2. The van der Waals surface area contributed by atoms with Crippen molar-refractivity contribution in [3.63, 3.8) is 0 Å². The third kappa shape index (κ3) is 10.1. The molecule has 0 bridgehead atoms. The normalized spacial score (nSPS) is 13.8. The molecule has 2 radical (unpaired) electrons. The van der Waals surface area contributed by atoms with Crippen molar-refractivity contribution >= 4 is 24.7 Å². The fourth-order valence-corrected chi connectivity index (χ4v) is 6.72. The van der Waals surface area contributed by atoms with Crippen molar-refractivity contribution in [1.82, 2.24) is 0 Å². The van der Waals surface area contributed by atoms with Crippen LogP contribution in [0.15, 0.2) is 210 Å². The van der Waals surface area contributed by atoms with Crippen LogP contribution >= 0.6 is 0 Å². The summed E-state index contributed by atoms with van der Waals surface area (Å²) in [5, 5.41) is 43.2. The minimum atomic E-state index is -0.704. The predicted molar refractivity (Wildman–Crippen MR) is 245 cm³/mol. The van der Waals surface area contributed by atoms with E-state index in [9.17, 15) is 20.4 Å². The van der Waals surface area contributed by atoms with Crippen molar-refractivity contribution < 1.29 is 20.4 Å². The van der Waals surface area contributed by atoms with E-state index in [0.717, 1.165) is 55.7 Å². The lowest BCUT2D eigenvalue weighted by atomic mass is 9.88. The third-order valence-corrected chi connectivity index (χ3v) is 9.89. The fourth-order valence-electron chi connectivity index (χ4n) is 6.72. The molecule has 6 heteroatoms. The molecule has 0 saturated heterocycles. The maximum absolute atomic E-state index is 11.6. The van der Waals surface area contributed by atoms with Crippen LogP contribution in [0.25, 0.3) is 33.4 Å². The third-order valence-electron chi connectivity index (χ3n) is 9.89. The Balaban J connectivity index is 1.71. The minimum Gasteiger partial charge on any atom is -0.514 e. The Morgan fingerprint density at radius 1 is 0.672 bits per heavy atom. The second-order valence-electron chi connectivity index (χ2n) is 13.9. The molecule has 290 valence electrons. The van der Waals surface area contributed by atoms with Crippen molar-refractivity contribution in [1.29, 1.82) is 0 Å². The monoisotopic (exact) mass is 763 g/mol. The van der Waals surface area contributed by atoms with E-state index in [0.29, 0.717) is 11.4 Å². The zero-order valence-electron chi connectivity index (χ0n) is 33.8. The molecule has 5 nitrogen and oxygen atoms in total. The van der Waals surface area contributed by atoms with Gasteiger partial charge in [0.15, 0.2) is 11.5 Å². The van der Waals surface area contributed by atoms with Crippen LogP contribution in [0.3, 0.4) is 0 Å². The van der Waals surface area contributed by atoms with Crippen LogP contribution in [-0.4, -0.2) is 28.3 Å². The van der Waals surface area contributed by atoms with Crippen molar-refractivity contribution in [2.75, 3.05) is 4.90 Å². The second kappa shape index (κ2) is 19.8. The van der Waals surface area contributed by atoms with Gasteiger partial charge in [-0.25, -0.2) is 0 Å². The number of hydrogen-bond donors (Lipinski definition) is 4. The van der Waals surface area contributed by atoms with E-state index in [1.54, 1.807) is 11.0 Å². The van der Waals surface area contributed by atoms with Crippen molar-refractivity contribution in [2.24, 2.45) is 0 Å². The number of aryl methyl sites for hydroxylation is 1. The van der Waals surface area contributed by atoms with Gasteiger partial charge in [-0.2, -0.15) is 0 Å². The lowest BCUT2D eigenvalue weighted by Crippen LogP contribution is -2.24. The number of nitrogens with zero attached hydrogens (tertiary/aromatic N) is 1.